The maximum absolute atomic E-state index is 5.40. The molecule has 0 saturated heterocycles. The molecule has 0 unspecified atom stereocenters. The van der Waals surface area contributed by atoms with Crippen molar-refractivity contribution in [2.24, 2.45) is 11.7 Å². The maximum Gasteiger partial charge on any atom is 0.0428 e. The van der Waals surface area contributed by atoms with Gasteiger partial charge in [0.05, 0.1) is 0 Å². The second-order valence-corrected chi connectivity index (χ2v) is 3.87. The summed E-state index contributed by atoms with van der Waals surface area (Å²) in [6.45, 7) is 1.77. The molecule has 1 aliphatic rings. The normalized spacial score (nSPS) is 21.8. The number of nitrogens with one attached hydrogen (secondary N) is 1. The van der Waals surface area contributed by atoms with Gasteiger partial charge in [-0.05, 0) is 25.3 Å². The van der Waals surface area contributed by atoms with Crippen molar-refractivity contribution in [2.45, 2.75) is 44.9 Å². The Hall–Kier alpha value is -0.0800. The maximum atomic E-state index is 5.40. The second-order valence-electron chi connectivity index (χ2n) is 3.87. The van der Waals surface area contributed by atoms with Crippen molar-refractivity contribution in [1.29, 1.82) is 0 Å². The van der Waals surface area contributed by atoms with Crippen LogP contribution in [0.2, 0.25) is 0 Å². The summed E-state index contributed by atoms with van der Waals surface area (Å²) in [5.74, 6) is 0.897. The quantitative estimate of drug-likeness (QED) is 0.634. The van der Waals surface area contributed by atoms with Gasteiger partial charge in [-0.3, -0.25) is 0 Å². The van der Waals surface area contributed by atoms with Gasteiger partial charge in [0.25, 0.3) is 0 Å². The Kier molecular flexibility index (Phi) is 5.37. The van der Waals surface area contributed by atoms with E-state index in [0.717, 1.165) is 12.5 Å². The van der Waals surface area contributed by atoms with Gasteiger partial charge in [-0.25, -0.2) is 0 Å². The molecule has 1 rings (SSSR count). The molecule has 1 fully saturated rings. The molecule has 72 valence electrons. The summed E-state index contributed by atoms with van der Waals surface area (Å²) in [4.78, 5) is 0. The monoisotopic (exact) mass is 170 g/mol. The van der Waals surface area contributed by atoms with E-state index < -0.39 is 0 Å². The zero-order chi connectivity index (χ0) is 8.65. The van der Waals surface area contributed by atoms with Crippen LogP contribution in [0.4, 0.5) is 0 Å². The summed E-state index contributed by atoms with van der Waals surface area (Å²) in [5.41, 5.74) is 5.40. The van der Waals surface area contributed by atoms with Crippen molar-refractivity contribution in [3.8, 4) is 0 Å². The van der Waals surface area contributed by atoms with E-state index in [1.165, 1.54) is 44.9 Å². The molecule has 0 radical (unpaired) electrons. The lowest BCUT2D eigenvalue weighted by molar-refractivity contribution is 0.363. The Morgan fingerprint density at radius 1 is 1.00 bits per heavy atom. The van der Waals surface area contributed by atoms with Crippen molar-refractivity contribution < 1.29 is 0 Å². The van der Waals surface area contributed by atoms with Gasteiger partial charge in [0, 0.05) is 6.67 Å². The molecule has 0 amide bonds. The molecule has 3 N–H and O–H groups in total. The fraction of sp³-hybridized carbons (Fsp3) is 1.00. The molecule has 0 aromatic carbocycles. The fourth-order valence-corrected chi connectivity index (χ4v) is 2.03. The average molecular weight is 170 g/mol. The van der Waals surface area contributed by atoms with Gasteiger partial charge in [0.2, 0.25) is 0 Å². The molecule has 0 aliphatic heterocycles. The number of hydrogen-bond acceptors (Lipinski definition) is 2. The van der Waals surface area contributed by atoms with E-state index >= 15 is 0 Å². The SMILES string of the molecule is NCNCC1CCCCCCC1. The molecular formula is C10H22N2. The first-order valence-corrected chi connectivity index (χ1v) is 5.34. The third-order valence-corrected chi connectivity index (χ3v) is 2.80. The predicted octanol–water partition coefficient (Wildman–Crippen LogP) is 1.85. The lowest BCUT2D eigenvalue weighted by atomic mass is 9.91. The van der Waals surface area contributed by atoms with Crippen LogP contribution in [0.1, 0.15) is 44.9 Å². The van der Waals surface area contributed by atoms with Crippen molar-refractivity contribution in [2.75, 3.05) is 13.2 Å². The Balaban J connectivity index is 2.11. The Bertz CT molecular complexity index is 93.3. The first-order valence-electron chi connectivity index (χ1n) is 5.34. The van der Waals surface area contributed by atoms with Crippen LogP contribution in [0.25, 0.3) is 0 Å². The summed E-state index contributed by atoms with van der Waals surface area (Å²) < 4.78 is 0. The minimum atomic E-state index is 0.635. The Labute approximate surface area is 75.9 Å². The highest BCUT2D eigenvalue weighted by atomic mass is 14.9. The molecule has 12 heavy (non-hydrogen) atoms. The van der Waals surface area contributed by atoms with Crippen molar-refractivity contribution in [3.63, 3.8) is 0 Å². The molecule has 0 heterocycles. The molecule has 0 aromatic heterocycles. The fourth-order valence-electron chi connectivity index (χ4n) is 2.03. The van der Waals surface area contributed by atoms with Crippen molar-refractivity contribution in [3.05, 3.63) is 0 Å². The molecule has 1 saturated carbocycles. The van der Waals surface area contributed by atoms with E-state index in [0.29, 0.717) is 6.67 Å². The zero-order valence-corrected chi connectivity index (χ0v) is 8.02. The van der Waals surface area contributed by atoms with Gasteiger partial charge in [-0.2, -0.15) is 0 Å². The molecule has 2 nitrogen and oxygen atoms in total. The van der Waals surface area contributed by atoms with Gasteiger partial charge < -0.3 is 11.1 Å². The molecule has 0 aromatic rings. The van der Waals surface area contributed by atoms with Gasteiger partial charge in [-0.15, -0.1) is 0 Å². The second kappa shape index (κ2) is 6.44. The zero-order valence-electron chi connectivity index (χ0n) is 8.02. The third-order valence-electron chi connectivity index (χ3n) is 2.80. The molecular weight excluding hydrogens is 148 g/mol. The van der Waals surface area contributed by atoms with Gasteiger partial charge in [0.1, 0.15) is 0 Å². The van der Waals surface area contributed by atoms with E-state index in [4.69, 9.17) is 5.73 Å². The van der Waals surface area contributed by atoms with Crippen LogP contribution in [-0.4, -0.2) is 13.2 Å². The summed E-state index contributed by atoms with van der Waals surface area (Å²) >= 11 is 0. The minimum Gasteiger partial charge on any atom is -0.318 e. The summed E-state index contributed by atoms with van der Waals surface area (Å²) in [6.07, 6.45) is 10.0. The highest BCUT2D eigenvalue weighted by molar-refractivity contribution is 4.65. The van der Waals surface area contributed by atoms with Crippen LogP contribution in [0.5, 0.6) is 0 Å². The molecule has 2 heteroatoms. The van der Waals surface area contributed by atoms with E-state index in [2.05, 4.69) is 5.32 Å². The predicted molar refractivity (Wildman–Crippen MR) is 52.9 cm³/mol. The highest BCUT2D eigenvalue weighted by Gasteiger charge is 2.09. The average Bonchev–Trinajstić information content (AvgIpc) is 2.02. The number of hydrogen-bond donors (Lipinski definition) is 2. The van der Waals surface area contributed by atoms with Gasteiger partial charge in [-0.1, -0.05) is 32.1 Å². The van der Waals surface area contributed by atoms with Crippen LogP contribution < -0.4 is 11.1 Å². The van der Waals surface area contributed by atoms with E-state index in [-0.39, 0.29) is 0 Å². The first-order chi connectivity index (χ1) is 5.93. The lowest BCUT2D eigenvalue weighted by Crippen LogP contribution is -2.28. The van der Waals surface area contributed by atoms with E-state index in [1.807, 2.05) is 0 Å². The van der Waals surface area contributed by atoms with Crippen molar-refractivity contribution in [1.82, 2.24) is 5.32 Å². The molecule has 0 atom stereocenters. The smallest absolute Gasteiger partial charge is 0.0428 e. The van der Waals surface area contributed by atoms with Crippen LogP contribution in [0.15, 0.2) is 0 Å². The Morgan fingerprint density at radius 2 is 1.58 bits per heavy atom. The largest absolute Gasteiger partial charge is 0.318 e. The number of nitrogens with two attached hydrogens (primary N) is 1. The van der Waals surface area contributed by atoms with Crippen LogP contribution in [-0.2, 0) is 0 Å². The molecule has 0 spiro atoms. The van der Waals surface area contributed by atoms with Crippen molar-refractivity contribution >= 4 is 0 Å². The first kappa shape index (κ1) is 10.0. The summed E-state index contributed by atoms with van der Waals surface area (Å²) in [7, 11) is 0. The minimum absolute atomic E-state index is 0.635. The topological polar surface area (TPSA) is 38.0 Å². The highest BCUT2D eigenvalue weighted by Crippen LogP contribution is 2.21. The third kappa shape index (κ3) is 4.07. The lowest BCUT2D eigenvalue weighted by Gasteiger charge is -2.19. The molecule has 1 aliphatic carbocycles. The van der Waals surface area contributed by atoms with Gasteiger partial charge >= 0.3 is 0 Å². The van der Waals surface area contributed by atoms with E-state index in [9.17, 15) is 0 Å². The summed E-state index contributed by atoms with van der Waals surface area (Å²) in [5, 5.41) is 3.24. The number of rotatable bonds is 3. The van der Waals surface area contributed by atoms with Gasteiger partial charge in [0.15, 0.2) is 0 Å². The standard InChI is InChI=1S/C10H22N2/c11-9-12-8-10-6-4-2-1-3-5-7-10/h10,12H,1-9,11H2. The van der Waals surface area contributed by atoms with Crippen LogP contribution in [0, 0.1) is 5.92 Å². The van der Waals surface area contributed by atoms with Crippen LogP contribution in [0.3, 0.4) is 0 Å². The van der Waals surface area contributed by atoms with E-state index in [1.54, 1.807) is 0 Å². The summed E-state index contributed by atoms with van der Waals surface area (Å²) in [6, 6.07) is 0. The Morgan fingerprint density at radius 3 is 2.17 bits per heavy atom. The molecule has 0 bridgehead atoms. The van der Waals surface area contributed by atoms with Crippen LogP contribution >= 0.6 is 0 Å².